The normalized spacial score (nSPS) is 23.2. The van der Waals surface area contributed by atoms with Gasteiger partial charge in [-0.3, -0.25) is 4.79 Å². The van der Waals surface area contributed by atoms with E-state index in [0.29, 0.717) is 0 Å². The molecule has 0 aromatic heterocycles. The van der Waals surface area contributed by atoms with Crippen molar-refractivity contribution < 1.29 is 15.8 Å². The second-order valence-corrected chi connectivity index (χ2v) is 7.27. The lowest BCUT2D eigenvalue weighted by Gasteiger charge is -2.38. The third-order valence-electron chi connectivity index (χ3n) is 5.02. The summed E-state index contributed by atoms with van der Waals surface area (Å²) >= 11 is 0. The third-order valence-corrected chi connectivity index (χ3v) is 5.02. The molecule has 4 heteroatoms. The van der Waals surface area contributed by atoms with Crippen LogP contribution in [0.3, 0.4) is 0 Å². The summed E-state index contributed by atoms with van der Waals surface area (Å²) in [5, 5.41) is 2.88. The largest absolute Gasteiger partial charge is 0.443 e. The van der Waals surface area contributed by atoms with E-state index in [4.69, 9.17) is 4.74 Å². The summed E-state index contributed by atoms with van der Waals surface area (Å²) in [4.78, 5) is 24.6. The van der Waals surface area contributed by atoms with E-state index in [9.17, 15) is 9.59 Å². The molecule has 1 N–H and O–H groups in total. The first-order valence-corrected chi connectivity index (χ1v) is 8.44. The maximum atomic E-state index is 12.5. The molecule has 1 amide bonds. The number of Topliss-reactive ketones (excluding diaryl/α,β-unsaturated/α-hetero) is 1. The monoisotopic (exact) mass is 297 g/mol. The minimum Gasteiger partial charge on any atom is -0.443 e. The topological polar surface area (TPSA) is 55.4 Å². The number of rotatable bonds is 5. The number of carbonyl (C=O) groups is 2. The number of nitrogens with one attached hydrogen (secondary N) is 1. The molecule has 122 valence electrons. The number of carbonyl (C=O) groups excluding carboxylic acids is 2. The van der Waals surface area contributed by atoms with Crippen molar-refractivity contribution in [1.82, 2.24) is 5.32 Å². The van der Waals surface area contributed by atoms with Crippen molar-refractivity contribution in [3.63, 3.8) is 0 Å². The number of amides is 1. The highest BCUT2D eigenvalue weighted by Gasteiger charge is 2.38. The molecular formula is C17H31NO3. The molecule has 0 saturated heterocycles. The molecule has 2 aliphatic rings. The van der Waals surface area contributed by atoms with Crippen LogP contribution >= 0.6 is 0 Å². The molecule has 2 saturated carbocycles. The Bertz CT molecular complexity index is 387. The van der Waals surface area contributed by atoms with E-state index in [1.807, 2.05) is 20.8 Å². The predicted octanol–water partition coefficient (Wildman–Crippen LogP) is 4.08. The molecule has 4 nitrogen and oxygen atoms in total. The molecule has 0 radical (unpaired) electrons. The molecule has 0 bridgehead atoms. The van der Waals surface area contributed by atoms with Crippen molar-refractivity contribution in [2.45, 2.75) is 83.8 Å². The van der Waals surface area contributed by atoms with Crippen LogP contribution in [-0.4, -0.2) is 23.5 Å². The Morgan fingerprint density at radius 2 is 1.76 bits per heavy atom. The average molecular weight is 297 g/mol. The van der Waals surface area contributed by atoms with Gasteiger partial charge in [0.15, 0.2) is 5.78 Å². The van der Waals surface area contributed by atoms with Gasteiger partial charge in [0.05, 0.1) is 6.04 Å². The molecular weight excluding hydrogens is 266 g/mol. The summed E-state index contributed by atoms with van der Waals surface area (Å²) < 4.78 is 5.52. The molecule has 2 rings (SSSR count). The average Bonchev–Trinajstić information content (AvgIpc) is 2.43. The SMILES string of the molecule is CC(C)C(=O)[C@H](NC(=O)OC1(C)CCC1)C1CCCCC1.[HH]. The van der Waals surface area contributed by atoms with Crippen LogP contribution in [0.1, 0.15) is 73.6 Å². The van der Waals surface area contributed by atoms with E-state index >= 15 is 0 Å². The van der Waals surface area contributed by atoms with Crippen molar-refractivity contribution in [3.05, 3.63) is 0 Å². The number of ketones is 1. The van der Waals surface area contributed by atoms with E-state index in [2.05, 4.69) is 5.32 Å². The van der Waals surface area contributed by atoms with Gasteiger partial charge in [-0.05, 0) is 44.9 Å². The van der Waals surface area contributed by atoms with Gasteiger partial charge in [0.2, 0.25) is 0 Å². The van der Waals surface area contributed by atoms with Crippen molar-refractivity contribution in [2.75, 3.05) is 0 Å². The number of hydrogen-bond acceptors (Lipinski definition) is 3. The van der Waals surface area contributed by atoms with Crippen molar-refractivity contribution in [1.29, 1.82) is 0 Å². The molecule has 2 fully saturated rings. The first-order chi connectivity index (χ1) is 9.91. The zero-order chi connectivity index (χ0) is 15.5. The highest BCUT2D eigenvalue weighted by Crippen LogP contribution is 2.35. The van der Waals surface area contributed by atoms with Crippen LogP contribution < -0.4 is 5.32 Å². The highest BCUT2D eigenvalue weighted by atomic mass is 16.6. The summed E-state index contributed by atoms with van der Waals surface area (Å²) in [5.74, 6) is 0.351. The van der Waals surface area contributed by atoms with Gasteiger partial charge in [0.25, 0.3) is 0 Å². The second-order valence-electron chi connectivity index (χ2n) is 7.27. The van der Waals surface area contributed by atoms with Crippen LogP contribution in [0.15, 0.2) is 0 Å². The predicted molar refractivity (Wildman–Crippen MR) is 84.2 cm³/mol. The molecule has 1 atom stereocenters. The summed E-state index contributed by atoms with van der Waals surface area (Å²) in [6, 6.07) is -0.374. The minimum atomic E-state index is -0.415. The zero-order valence-corrected chi connectivity index (χ0v) is 13.6. The highest BCUT2D eigenvalue weighted by molar-refractivity contribution is 5.89. The lowest BCUT2D eigenvalue weighted by Crippen LogP contribution is -2.51. The van der Waals surface area contributed by atoms with Gasteiger partial charge in [-0.15, -0.1) is 0 Å². The third kappa shape index (κ3) is 4.21. The fraction of sp³-hybridized carbons (Fsp3) is 0.882. The molecule has 0 spiro atoms. The van der Waals surface area contributed by atoms with Crippen LogP contribution in [0.4, 0.5) is 4.79 Å². The van der Waals surface area contributed by atoms with E-state index < -0.39 is 6.09 Å². The van der Waals surface area contributed by atoms with E-state index in [1.165, 1.54) is 6.42 Å². The number of alkyl carbamates (subject to hydrolysis) is 1. The van der Waals surface area contributed by atoms with Gasteiger partial charge in [-0.1, -0.05) is 33.1 Å². The summed E-state index contributed by atoms with van der Waals surface area (Å²) in [6.07, 6.45) is 8.15. The summed E-state index contributed by atoms with van der Waals surface area (Å²) in [5.41, 5.74) is -0.317. The summed E-state index contributed by atoms with van der Waals surface area (Å²) in [6.45, 7) is 5.77. The summed E-state index contributed by atoms with van der Waals surface area (Å²) in [7, 11) is 0. The fourth-order valence-electron chi connectivity index (χ4n) is 3.40. The van der Waals surface area contributed by atoms with Crippen LogP contribution in [0.25, 0.3) is 0 Å². The Labute approximate surface area is 129 Å². The zero-order valence-electron chi connectivity index (χ0n) is 13.6. The van der Waals surface area contributed by atoms with Gasteiger partial charge in [0, 0.05) is 7.34 Å². The van der Waals surface area contributed by atoms with Crippen molar-refractivity contribution in [2.24, 2.45) is 11.8 Å². The van der Waals surface area contributed by atoms with E-state index in [-0.39, 0.29) is 30.7 Å². The van der Waals surface area contributed by atoms with E-state index in [1.54, 1.807) is 0 Å². The lowest BCUT2D eigenvalue weighted by molar-refractivity contribution is -0.125. The van der Waals surface area contributed by atoms with Crippen LogP contribution in [0.2, 0.25) is 0 Å². The van der Waals surface area contributed by atoms with Gasteiger partial charge in [-0.2, -0.15) is 0 Å². The maximum absolute atomic E-state index is 12.5. The molecule has 0 aliphatic heterocycles. The molecule has 0 unspecified atom stereocenters. The first kappa shape index (κ1) is 16.3. The van der Waals surface area contributed by atoms with Gasteiger partial charge >= 0.3 is 6.09 Å². The Morgan fingerprint density at radius 1 is 1.14 bits per heavy atom. The Morgan fingerprint density at radius 3 is 2.24 bits per heavy atom. The minimum absolute atomic E-state index is 0. The second kappa shape index (κ2) is 6.80. The fourth-order valence-corrected chi connectivity index (χ4v) is 3.40. The van der Waals surface area contributed by atoms with Gasteiger partial charge < -0.3 is 10.1 Å². The van der Waals surface area contributed by atoms with Gasteiger partial charge in [0.1, 0.15) is 5.60 Å². The first-order valence-electron chi connectivity index (χ1n) is 8.44. The smallest absolute Gasteiger partial charge is 0.408 e. The lowest BCUT2D eigenvalue weighted by atomic mass is 9.80. The van der Waals surface area contributed by atoms with Crippen molar-refractivity contribution >= 4 is 11.9 Å². The van der Waals surface area contributed by atoms with Gasteiger partial charge in [-0.25, -0.2) is 4.79 Å². The Hall–Kier alpha value is -1.06. The molecule has 21 heavy (non-hydrogen) atoms. The standard InChI is InChI=1S/C17H29NO3.H2/c1-12(2)15(19)14(13-8-5-4-6-9-13)18-16(20)21-17(3)10-7-11-17;/h12-14H,4-11H2,1-3H3,(H,18,20);1H/t14-;/m1./s1. The van der Waals surface area contributed by atoms with E-state index in [0.717, 1.165) is 44.9 Å². The molecule has 0 aromatic rings. The Kier molecular flexibility index (Phi) is 5.28. The van der Waals surface area contributed by atoms with Crippen molar-refractivity contribution in [3.8, 4) is 0 Å². The number of ether oxygens (including phenoxy) is 1. The quantitative estimate of drug-likeness (QED) is 0.832. The Balaban J connectivity index is 0.00000242. The number of hydrogen-bond donors (Lipinski definition) is 1. The molecule has 2 aliphatic carbocycles. The molecule has 0 heterocycles. The maximum Gasteiger partial charge on any atom is 0.408 e. The van der Waals surface area contributed by atoms with Crippen LogP contribution in [0, 0.1) is 11.8 Å². The molecule has 0 aromatic carbocycles. The van der Waals surface area contributed by atoms with Crippen LogP contribution in [-0.2, 0) is 9.53 Å². The van der Waals surface area contributed by atoms with Crippen LogP contribution in [0.5, 0.6) is 0 Å².